The van der Waals surface area contributed by atoms with Crippen molar-refractivity contribution < 1.29 is 32.5 Å². The van der Waals surface area contributed by atoms with Gasteiger partial charge in [-0.1, -0.05) is 12.1 Å². The predicted octanol–water partition coefficient (Wildman–Crippen LogP) is 5.82. The molecule has 2 aromatic carbocycles. The van der Waals surface area contributed by atoms with E-state index in [2.05, 4.69) is 15.3 Å². The average Bonchev–Trinajstić information content (AvgIpc) is 3.36. The predicted molar refractivity (Wildman–Crippen MR) is 150 cm³/mol. The van der Waals surface area contributed by atoms with Crippen molar-refractivity contribution in [3.63, 3.8) is 0 Å². The van der Waals surface area contributed by atoms with E-state index in [1.807, 2.05) is 6.92 Å². The monoisotopic (exact) mass is 574 g/mol. The maximum atomic E-state index is 15.5. The number of nitrogens with zero attached hydrogens (tertiary/aromatic N) is 3. The number of methoxy groups -OCH3 is 1. The van der Waals surface area contributed by atoms with Crippen molar-refractivity contribution in [2.24, 2.45) is 0 Å². The highest BCUT2D eigenvalue weighted by Crippen LogP contribution is 2.42. The minimum atomic E-state index is -3.82. The van der Waals surface area contributed by atoms with E-state index in [0.29, 0.717) is 46.2 Å². The number of anilines is 1. The topological polar surface area (TPSA) is 96.8 Å². The number of hydrogen-bond donors (Lipinski definition) is 2. The van der Waals surface area contributed by atoms with Gasteiger partial charge in [-0.25, -0.2) is 14.4 Å². The molecule has 1 fully saturated rings. The van der Waals surface area contributed by atoms with Gasteiger partial charge in [0.1, 0.15) is 29.7 Å². The Hall–Kier alpha value is -3.60. The van der Waals surface area contributed by atoms with Crippen molar-refractivity contribution in [1.82, 2.24) is 14.9 Å². The molecule has 11 heteroatoms. The molecule has 4 rings (SSSR count). The molecule has 1 aromatic heterocycles. The zero-order chi connectivity index (χ0) is 30.3. The van der Waals surface area contributed by atoms with Gasteiger partial charge < -0.3 is 24.8 Å². The summed E-state index contributed by atoms with van der Waals surface area (Å²) in [5.41, 5.74) is -2.07. The van der Waals surface area contributed by atoms with Crippen LogP contribution in [0.15, 0.2) is 24.3 Å². The van der Waals surface area contributed by atoms with Gasteiger partial charge in [0.25, 0.3) is 0 Å². The van der Waals surface area contributed by atoms with E-state index in [1.165, 1.54) is 19.2 Å². The molecular weight excluding hydrogens is 537 g/mol. The summed E-state index contributed by atoms with van der Waals surface area (Å²) in [5, 5.41) is 13.7. The zero-order valence-corrected chi connectivity index (χ0v) is 24.4. The van der Waals surface area contributed by atoms with Crippen LogP contribution in [-0.4, -0.2) is 57.8 Å². The van der Waals surface area contributed by atoms with Crippen molar-refractivity contribution in [1.29, 1.82) is 0 Å². The Labute approximate surface area is 237 Å². The second-order valence-corrected chi connectivity index (χ2v) is 11.1. The second-order valence-electron chi connectivity index (χ2n) is 11.1. The molecule has 1 amide bonds. The van der Waals surface area contributed by atoms with Crippen LogP contribution in [-0.2, 0) is 10.7 Å². The minimum Gasteiger partial charge on any atom is -0.493 e. The van der Waals surface area contributed by atoms with Gasteiger partial charge >= 0.3 is 5.92 Å². The van der Waals surface area contributed by atoms with E-state index in [0.717, 1.165) is 32.8 Å². The molecular formula is C30H37F3N4O4. The molecule has 0 spiro atoms. The molecule has 8 nitrogen and oxygen atoms in total. The van der Waals surface area contributed by atoms with Crippen LogP contribution in [0.3, 0.4) is 0 Å². The summed E-state index contributed by atoms with van der Waals surface area (Å²) in [7, 11) is 1.53. The van der Waals surface area contributed by atoms with Gasteiger partial charge in [-0.3, -0.25) is 4.79 Å². The van der Waals surface area contributed by atoms with Crippen LogP contribution >= 0.6 is 0 Å². The largest absolute Gasteiger partial charge is 0.493 e. The summed E-state index contributed by atoms with van der Waals surface area (Å²) in [4.78, 5) is 22.9. The summed E-state index contributed by atoms with van der Waals surface area (Å²) in [5.74, 6) is -3.19. The summed E-state index contributed by atoms with van der Waals surface area (Å²) in [6, 6.07) is 4.63. The van der Waals surface area contributed by atoms with Crippen LogP contribution in [0.1, 0.15) is 69.1 Å². The highest BCUT2D eigenvalue weighted by Gasteiger charge is 2.49. The van der Waals surface area contributed by atoms with Gasteiger partial charge in [0.2, 0.25) is 5.91 Å². The first kappa shape index (κ1) is 30.4. The van der Waals surface area contributed by atoms with Gasteiger partial charge in [-0.2, -0.15) is 8.78 Å². The van der Waals surface area contributed by atoms with Gasteiger partial charge in [0.05, 0.1) is 30.3 Å². The first-order valence-electron chi connectivity index (χ1n) is 13.6. The van der Waals surface area contributed by atoms with Gasteiger partial charge in [0, 0.05) is 30.0 Å². The fourth-order valence-electron chi connectivity index (χ4n) is 5.31. The number of aliphatic hydroxyl groups is 1. The molecule has 1 aliphatic heterocycles. The van der Waals surface area contributed by atoms with Crippen LogP contribution in [0, 0.1) is 19.7 Å². The van der Waals surface area contributed by atoms with Gasteiger partial charge in [0.15, 0.2) is 11.5 Å². The average molecular weight is 575 g/mol. The van der Waals surface area contributed by atoms with Crippen LogP contribution in [0.4, 0.5) is 19.0 Å². The lowest BCUT2D eigenvalue weighted by Crippen LogP contribution is -2.41. The molecule has 0 radical (unpaired) electrons. The van der Waals surface area contributed by atoms with Crippen molar-refractivity contribution in [2.45, 2.75) is 78.0 Å². The molecule has 0 unspecified atom stereocenters. The summed E-state index contributed by atoms with van der Waals surface area (Å²) < 4.78 is 57.1. The Morgan fingerprint density at radius 3 is 2.61 bits per heavy atom. The van der Waals surface area contributed by atoms with Crippen molar-refractivity contribution in [3.8, 4) is 11.5 Å². The quantitative estimate of drug-likeness (QED) is 0.333. The fraction of sp³-hybridized carbons (Fsp3) is 0.500. The summed E-state index contributed by atoms with van der Waals surface area (Å²) in [6.07, 6.45) is 1.73. The Morgan fingerprint density at radius 1 is 1.27 bits per heavy atom. The standard InChI is InChI=1S/C30H37F3N4O4/c1-16-26-22(14-24(27(16)40-7)41-15-20-10-9-13-37(20)19(4)38)28(36-18(3)35-26)34-17(2)21-11-8-12-23(25(21)31)30(32,33)29(5,6)39/h8,11-12,14,17,20,39H,9-10,13,15H2,1-7H3,(H,34,35,36)/t17-,20+/m1/s1. The number of aromatic nitrogens is 2. The first-order valence-corrected chi connectivity index (χ1v) is 13.6. The molecule has 2 N–H and O–H groups in total. The molecule has 0 saturated carbocycles. The Balaban J connectivity index is 1.72. The van der Waals surface area contributed by atoms with E-state index in [4.69, 9.17) is 9.47 Å². The summed E-state index contributed by atoms with van der Waals surface area (Å²) >= 11 is 0. The van der Waals surface area contributed by atoms with Crippen LogP contribution in [0.5, 0.6) is 11.5 Å². The molecule has 2 atom stereocenters. The highest BCUT2D eigenvalue weighted by atomic mass is 19.3. The number of carbonyl (C=O) groups is 1. The van der Waals surface area contributed by atoms with E-state index in [-0.39, 0.29) is 24.1 Å². The number of fused-ring (bicyclic) bond motifs is 1. The lowest BCUT2D eigenvalue weighted by Gasteiger charge is -2.30. The number of hydrogen-bond acceptors (Lipinski definition) is 7. The van der Waals surface area contributed by atoms with Gasteiger partial charge in [-0.15, -0.1) is 0 Å². The highest BCUT2D eigenvalue weighted by molar-refractivity contribution is 5.94. The van der Waals surface area contributed by atoms with Crippen LogP contribution in [0.25, 0.3) is 10.9 Å². The number of aryl methyl sites for hydroxylation is 2. The minimum absolute atomic E-state index is 0.00118. The van der Waals surface area contributed by atoms with Crippen molar-refractivity contribution in [2.75, 3.05) is 25.6 Å². The Kier molecular flexibility index (Phi) is 8.40. The first-order chi connectivity index (χ1) is 19.2. The number of carbonyl (C=O) groups excluding carboxylic acids is 1. The molecule has 0 aliphatic carbocycles. The third kappa shape index (κ3) is 5.77. The molecule has 222 valence electrons. The number of likely N-dealkylation sites (tertiary alicyclic amines) is 1. The number of rotatable bonds is 9. The Morgan fingerprint density at radius 2 is 1.98 bits per heavy atom. The SMILES string of the molecule is COc1c(OC[C@@H]2CCCN2C(C)=O)cc2c(N[C@H](C)c3cccc(C(F)(F)C(C)(C)O)c3F)nc(C)nc2c1C. The van der Waals surface area contributed by atoms with E-state index >= 15 is 4.39 Å². The molecule has 1 aliphatic rings. The zero-order valence-electron chi connectivity index (χ0n) is 24.4. The molecule has 3 aromatic rings. The Bertz CT molecular complexity index is 1460. The number of benzene rings is 2. The second kappa shape index (κ2) is 11.3. The van der Waals surface area contributed by atoms with E-state index < -0.39 is 28.9 Å². The molecule has 0 bridgehead atoms. The molecule has 41 heavy (non-hydrogen) atoms. The number of halogens is 3. The van der Waals surface area contributed by atoms with Crippen molar-refractivity contribution >= 4 is 22.6 Å². The fourth-order valence-corrected chi connectivity index (χ4v) is 5.31. The summed E-state index contributed by atoms with van der Waals surface area (Å²) in [6.45, 7) is 9.59. The van der Waals surface area contributed by atoms with Crippen molar-refractivity contribution in [3.05, 3.63) is 52.6 Å². The third-order valence-corrected chi connectivity index (χ3v) is 7.62. The number of nitrogens with one attached hydrogen (secondary N) is 1. The smallest absolute Gasteiger partial charge is 0.303 e. The number of ether oxygens (including phenoxy) is 2. The lowest BCUT2D eigenvalue weighted by molar-refractivity contribution is -0.170. The van der Waals surface area contributed by atoms with E-state index in [1.54, 1.807) is 31.7 Å². The van der Waals surface area contributed by atoms with Crippen LogP contribution < -0.4 is 14.8 Å². The maximum Gasteiger partial charge on any atom is 0.303 e. The normalized spacial score (nSPS) is 16.7. The van der Waals surface area contributed by atoms with Gasteiger partial charge in [-0.05, 0) is 59.6 Å². The van der Waals surface area contributed by atoms with E-state index in [9.17, 15) is 18.7 Å². The molecule has 2 heterocycles. The lowest BCUT2D eigenvalue weighted by atomic mass is 9.91. The molecule has 1 saturated heterocycles. The number of amides is 1. The maximum absolute atomic E-state index is 15.5. The van der Waals surface area contributed by atoms with Crippen LogP contribution in [0.2, 0.25) is 0 Å². The number of alkyl halides is 2. The third-order valence-electron chi connectivity index (χ3n) is 7.62.